The summed E-state index contributed by atoms with van der Waals surface area (Å²) in [5, 5.41) is 0. The van der Waals surface area contributed by atoms with E-state index >= 15 is 0 Å². The van der Waals surface area contributed by atoms with Crippen LogP contribution in [0.25, 0.3) is 18.8 Å². The monoisotopic (exact) mass is 314 g/mol. The van der Waals surface area contributed by atoms with Gasteiger partial charge < -0.3 is 9.13 Å². The topological polar surface area (TPSA) is 44.0 Å². The number of hydrogen-bond acceptors (Lipinski definition) is 6. The van der Waals surface area contributed by atoms with Gasteiger partial charge in [0.2, 0.25) is 0 Å². The second-order valence-corrected chi connectivity index (χ2v) is 6.67. The van der Waals surface area contributed by atoms with Gasteiger partial charge in [0.1, 0.15) is 18.7 Å². The van der Waals surface area contributed by atoms with Crippen molar-refractivity contribution in [2.75, 3.05) is 0 Å². The van der Waals surface area contributed by atoms with Gasteiger partial charge in [-0.15, -0.1) is 22.7 Å². The molecule has 0 aliphatic rings. The zero-order valence-electron chi connectivity index (χ0n) is 9.34. The first-order valence-corrected chi connectivity index (χ1v) is 7.37. The molecule has 92 valence electrons. The molecule has 3 rings (SSSR count). The van der Waals surface area contributed by atoms with E-state index in [4.69, 9.17) is 24.4 Å². The van der Waals surface area contributed by atoms with E-state index in [0.29, 0.717) is 18.7 Å². The Morgan fingerprint density at radius 2 is 1.11 bits per heavy atom. The SMILES string of the molecule is Cn1c(=O)c2sc3c(=O)n(C)c(=S)c3sc2c1=S. The van der Waals surface area contributed by atoms with Crippen molar-refractivity contribution in [3.63, 3.8) is 0 Å². The molecule has 3 heterocycles. The molecular formula is C10H6N2O2S4. The van der Waals surface area contributed by atoms with E-state index in [1.54, 1.807) is 14.1 Å². The van der Waals surface area contributed by atoms with Crippen molar-refractivity contribution in [2.24, 2.45) is 14.1 Å². The summed E-state index contributed by atoms with van der Waals surface area (Å²) in [6.07, 6.45) is 0. The Balaban J connectivity index is 2.78. The zero-order chi connectivity index (χ0) is 13.2. The molecule has 0 unspecified atom stereocenters. The van der Waals surface area contributed by atoms with E-state index in [1.165, 1.54) is 31.8 Å². The van der Waals surface area contributed by atoms with Gasteiger partial charge in [0.05, 0.1) is 9.40 Å². The molecule has 0 amide bonds. The molecular weight excluding hydrogens is 308 g/mol. The lowest BCUT2D eigenvalue weighted by molar-refractivity contribution is 0.880. The fraction of sp³-hybridized carbons (Fsp3) is 0.200. The van der Waals surface area contributed by atoms with Crippen molar-refractivity contribution in [1.82, 2.24) is 9.13 Å². The Labute approximate surface area is 119 Å². The fourth-order valence-electron chi connectivity index (χ4n) is 1.75. The van der Waals surface area contributed by atoms with Gasteiger partial charge in [-0.3, -0.25) is 9.59 Å². The lowest BCUT2D eigenvalue weighted by Crippen LogP contribution is -2.10. The minimum atomic E-state index is -0.146. The molecule has 0 aromatic carbocycles. The normalized spacial score (nSPS) is 11.7. The Bertz CT molecular complexity index is 862. The number of hydrogen-bond donors (Lipinski definition) is 0. The van der Waals surface area contributed by atoms with Crippen LogP contribution in [0.2, 0.25) is 0 Å². The summed E-state index contributed by atoms with van der Waals surface area (Å²) >= 11 is 13.0. The zero-order valence-corrected chi connectivity index (χ0v) is 12.6. The lowest BCUT2D eigenvalue weighted by Gasteiger charge is -1.86. The molecule has 8 heteroatoms. The van der Waals surface area contributed by atoms with Crippen LogP contribution in [-0.4, -0.2) is 9.13 Å². The van der Waals surface area contributed by atoms with Gasteiger partial charge in [0.15, 0.2) is 0 Å². The Kier molecular flexibility index (Phi) is 2.53. The van der Waals surface area contributed by atoms with Crippen LogP contribution in [0.3, 0.4) is 0 Å². The molecule has 0 saturated carbocycles. The number of aromatic nitrogens is 2. The fourth-order valence-corrected chi connectivity index (χ4v) is 5.04. The molecule has 0 fully saturated rings. The van der Waals surface area contributed by atoms with Crippen molar-refractivity contribution < 1.29 is 0 Å². The minimum absolute atomic E-state index is 0.146. The van der Waals surface area contributed by atoms with Crippen LogP contribution in [0.4, 0.5) is 0 Å². The molecule has 4 nitrogen and oxygen atoms in total. The van der Waals surface area contributed by atoms with Crippen molar-refractivity contribution in [2.45, 2.75) is 0 Å². The lowest BCUT2D eigenvalue weighted by atomic mass is 10.6. The standard InChI is InChI=1S/C10H6N2O2S4/c1-11-7(13)3-5(9(11)15)18-6-4(17-3)8(14)12(2)10(6)16/h1-2H3. The summed E-state index contributed by atoms with van der Waals surface area (Å²) < 4.78 is 6.43. The molecule has 3 aromatic heterocycles. The predicted octanol–water partition coefficient (Wildman–Crippen LogP) is 2.41. The van der Waals surface area contributed by atoms with Crippen molar-refractivity contribution in [1.29, 1.82) is 0 Å². The maximum Gasteiger partial charge on any atom is 0.270 e. The van der Waals surface area contributed by atoms with Crippen LogP contribution in [0.1, 0.15) is 0 Å². The summed E-state index contributed by atoms with van der Waals surface area (Å²) in [4.78, 5) is 23.9. The molecule has 0 aliphatic heterocycles. The van der Waals surface area contributed by atoms with E-state index in [9.17, 15) is 9.59 Å². The van der Waals surface area contributed by atoms with E-state index in [1.807, 2.05) is 0 Å². The molecule has 0 bridgehead atoms. The van der Waals surface area contributed by atoms with Crippen molar-refractivity contribution in [3.05, 3.63) is 30.0 Å². The van der Waals surface area contributed by atoms with Gasteiger partial charge >= 0.3 is 0 Å². The van der Waals surface area contributed by atoms with E-state index in [0.717, 1.165) is 9.40 Å². The first-order valence-electron chi connectivity index (χ1n) is 4.92. The predicted molar refractivity (Wildman–Crippen MR) is 80.5 cm³/mol. The molecule has 0 N–H and O–H groups in total. The van der Waals surface area contributed by atoms with Crippen LogP contribution in [0.15, 0.2) is 9.59 Å². The number of fused-ring (bicyclic) bond motifs is 2. The van der Waals surface area contributed by atoms with Gasteiger partial charge in [-0.2, -0.15) is 0 Å². The second kappa shape index (κ2) is 3.77. The van der Waals surface area contributed by atoms with Crippen LogP contribution < -0.4 is 11.1 Å². The largest absolute Gasteiger partial charge is 0.300 e. The third-order valence-corrected chi connectivity index (χ3v) is 6.66. The van der Waals surface area contributed by atoms with E-state index < -0.39 is 0 Å². The summed E-state index contributed by atoms with van der Waals surface area (Å²) in [6.45, 7) is 0. The van der Waals surface area contributed by atoms with E-state index in [-0.39, 0.29) is 11.1 Å². The van der Waals surface area contributed by atoms with Crippen LogP contribution in [0.5, 0.6) is 0 Å². The second-order valence-electron chi connectivity index (χ2n) is 3.86. The average molecular weight is 314 g/mol. The molecule has 0 radical (unpaired) electrons. The van der Waals surface area contributed by atoms with Crippen LogP contribution in [0, 0.1) is 9.28 Å². The highest BCUT2D eigenvalue weighted by molar-refractivity contribution is 7.72. The maximum absolute atomic E-state index is 12.0. The van der Waals surface area contributed by atoms with Gasteiger partial charge in [0, 0.05) is 14.1 Å². The minimum Gasteiger partial charge on any atom is -0.300 e. The van der Waals surface area contributed by atoms with Gasteiger partial charge in [-0.25, -0.2) is 0 Å². The van der Waals surface area contributed by atoms with Crippen LogP contribution >= 0.6 is 47.1 Å². The molecule has 0 spiro atoms. The molecule has 0 aliphatic carbocycles. The molecule has 3 aromatic rings. The van der Waals surface area contributed by atoms with E-state index in [2.05, 4.69) is 0 Å². The third kappa shape index (κ3) is 1.34. The van der Waals surface area contributed by atoms with Crippen LogP contribution in [-0.2, 0) is 14.1 Å². The number of rotatable bonds is 0. The highest BCUT2D eigenvalue weighted by Crippen LogP contribution is 2.31. The highest BCUT2D eigenvalue weighted by Gasteiger charge is 2.15. The van der Waals surface area contributed by atoms with Gasteiger partial charge in [-0.1, -0.05) is 24.4 Å². The smallest absolute Gasteiger partial charge is 0.270 e. The average Bonchev–Trinajstić information content (AvgIpc) is 2.71. The maximum atomic E-state index is 12.0. The molecule has 0 atom stereocenters. The third-order valence-electron chi connectivity index (χ3n) is 2.82. The Morgan fingerprint density at radius 1 is 0.778 bits per heavy atom. The van der Waals surface area contributed by atoms with Gasteiger partial charge in [-0.05, 0) is 0 Å². The summed E-state index contributed by atoms with van der Waals surface area (Å²) in [5.74, 6) is 0. The first kappa shape index (κ1) is 12.1. The quantitative estimate of drug-likeness (QED) is 0.598. The first-order chi connectivity index (χ1) is 8.43. The summed E-state index contributed by atoms with van der Waals surface area (Å²) in [6, 6.07) is 0. The Hall–Kier alpha value is -0.960. The molecule has 18 heavy (non-hydrogen) atoms. The van der Waals surface area contributed by atoms with Crippen molar-refractivity contribution >= 4 is 65.9 Å². The molecule has 0 saturated heterocycles. The highest BCUT2D eigenvalue weighted by atomic mass is 32.1. The Morgan fingerprint density at radius 3 is 1.50 bits per heavy atom. The van der Waals surface area contributed by atoms with Crippen molar-refractivity contribution in [3.8, 4) is 0 Å². The van der Waals surface area contributed by atoms with Gasteiger partial charge in [0.25, 0.3) is 11.1 Å². The summed E-state index contributed by atoms with van der Waals surface area (Å²) in [5.41, 5.74) is -0.292. The number of nitrogens with zero attached hydrogens (tertiary/aromatic N) is 2. The summed E-state index contributed by atoms with van der Waals surface area (Å²) in [7, 11) is 3.28.